The number of carbonyl (C=O) groups excluding carboxylic acids is 1. The summed E-state index contributed by atoms with van der Waals surface area (Å²) in [4.78, 5) is 25.4. The number of imidazole rings is 1. The second-order valence-electron chi connectivity index (χ2n) is 5.48. The van der Waals surface area contributed by atoms with Crippen LogP contribution in [0.15, 0.2) is 6.08 Å². The number of aromatic nitrogens is 2. The molecule has 12 heteroatoms. The highest BCUT2D eigenvalue weighted by Crippen LogP contribution is 2.43. The van der Waals surface area contributed by atoms with Crippen LogP contribution in [-0.2, 0) is 27.5 Å². The predicted octanol–water partition coefficient (Wildman–Crippen LogP) is 2.46. The highest BCUT2D eigenvalue weighted by molar-refractivity contribution is 7.53. The van der Waals surface area contributed by atoms with Gasteiger partial charge in [-0.05, 0) is 30.4 Å². The summed E-state index contributed by atoms with van der Waals surface area (Å²) in [7, 11) is -2.22. The van der Waals surface area contributed by atoms with E-state index in [0.717, 1.165) is 0 Å². The van der Waals surface area contributed by atoms with E-state index >= 15 is 0 Å². The zero-order valence-electron chi connectivity index (χ0n) is 14.9. The number of ketones is 1. The van der Waals surface area contributed by atoms with Gasteiger partial charge in [-0.3, -0.25) is 13.9 Å². The highest BCUT2D eigenvalue weighted by Gasteiger charge is 2.30. The maximum Gasteiger partial charge on any atom is 0.435 e. The van der Waals surface area contributed by atoms with E-state index in [1.165, 1.54) is 35.4 Å². The second kappa shape index (κ2) is 9.94. The molecular weight excluding hydrogens is 385 g/mol. The molecule has 0 saturated carbocycles. The van der Waals surface area contributed by atoms with Gasteiger partial charge in [0.25, 0.3) is 0 Å². The van der Waals surface area contributed by atoms with Gasteiger partial charge in [-0.25, -0.2) is 14.7 Å². The first-order valence-electron chi connectivity index (χ1n) is 7.87. The summed E-state index contributed by atoms with van der Waals surface area (Å²) in [5, 5.41) is 11.1. The Balaban J connectivity index is 3.12. The van der Waals surface area contributed by atoms with Crippen molar-refractivity contribution in [2.75, 3.05) is 19.0 Å². The number of nitro groups is 1. The first-order valence-corrected chi connectivity index (χ1v) is 10.0. The Morgan fingerprint density at radius 3 is 2.69 bits per heavy atom. The summed E-state index contributed by atoms with van der Waals surface area (Å²) in [6, 6.07) is 0. The molecule has 1 aromatic heterocycles. The number of nitrogens with two attached hydrogens (primary N) is 1. The fourth-order valence-electron chi connectivity index (χ4n) is 2.19. The predicted molar refractivity (Wildman–Crippen MR) is 98.7 cm³/mol. The van der Waals surface area contributed by atoms with Crippen LogP contribution in [0.2, 0.25) is 0 Å². The maximum atomic E-state index is 12.7. The number of hydrogen-bond acceptors (Lipinski definition) is 6. The minimum atomic E-state index is -3.65. The van der Waals surface area contributed by atoms with E-state index in [-0.39, 0.29) is 36.2 Å². The lowest BCUT2D eigenvalue weighted by molar-refractivity contribution is -0.396. The fourth-order valence-corrected chi connectivity index (χ4v) is 3.84. The van der Waals surface area contributed by atoms with Gasteiger partial charge in [0.2, 0.25) is 0 Å². The monoisotopic (exact) mass is 407 g/mol. The van der Waals surface area contributed by atoms with E-state index in [4.69, 9.17) is 21.6 Å². The first-order chi connectivity index (χ1) is 12.1. The topological polar surface area (TPSA) is 134 Å². The van der Waals surface area contributed by atoms with E-state index in [0.29, 0.717) is 13.0 Å². The van der Waals surface area contributed by atoms with Crippen molar-refractivity contribution in [3.05, 3.63) is 27.6 Å². The normalized spacial score (nSPS) is 14.1. The van der Waals surface area contributed by atoms with Gasteiger partial charge < -0.3 is 10.1 Å². The third kappa shape index (κ3) is 6.00. The zero-order valence-corrected chi connectivity index (χ0v) is 16.6. The van der Waals surface area contributed by atoms with Gasteiger partial charge >= 0.3 is 13.6 Å². The third-order valence-electron chi connectivity index (χ3n) is 3.47. The van der Waals surface area contributed by atoms with Gasteiger partial charge in [-0.15, -0.1) is 11.6 Å². The van der Waals surface area contributed by atoms with E-state index in [2.05, 4.69) is 4.98 Å². The molecule has 1 rings (SSSR count). The Kier molecular flexibility index (Phi) is 8.58. The van der Waals surface area contributed by atoms with Crippen molar-refractivity contribution in [2.24, 2.45) is 12.6 Å². The van der Waals surface area contributed by atoms with Gasteiger partial charge in [0.15, 0.2) is 11.5 Å². The molecule has 0 spiro atoms. The van der Waals surface area contributed by atoms with Crippen LogP contribution in [-0.4, -0.2) is 43.9 Å². The number of carbonyl (C=O) groups is 1. The van der Waals surface area contributed by atoms with Crippen molar-refractivity contribution in [1.29, 1.82) is 0 Å². The fraction of sp³-hybridized carbons (Fsp3) is 0.571. The smallest absolute Gasteiger partial charge is 0.390 e. The van der Waals surface area contributed by atoms with Crippen molar-refractivity contribution in [3.8, 4) is 0 Å². The standard InChI is InChI=1S/C14H23ClN5O5P/c1-4-8-19(9-7-15)26(16,24)25-10-13-12(6-5-11(2)21)17-14(18(13)3)20(22)23/h5-6H,4,7-10H2,1-3H3,(H2,16,24)/b6-5+. The number of nitrogens with zero attached hydrogens (tertiary/aromatic N) is 4. The lowest BCUT2D eigenvalue weighted by Crippen LogP contribution is -2.28. The van der Waals surface area contributed by atoms with Crippen LogP contribution in [0.3, 0.4) is 0 Å². The molecule has 0 aliphatic rings. The number of rotatable bonds is 11. The van der Waals surface area contributed by atoms with Crippen molar-refractivity contribution >= 4 is 37.1 Å². The number of halogens is 1. The van der Waals surface area contributed by atoms with Gasteiger partial charge in [0, 0.05) is 19.0 Å². The summed E-state index contributed by atoms with van der Waals surface area (Å²) < 4.78 is 20.7. The Labute approximate surface area is 156 Å². The molecule has 0 saturated heterocycles. The number of hydrogen-bond donors (Lipinski definition) is 1. The SMILES string of the molecule is CCCN(CCCl)P(N)(=O)OCc1c(/C=C/C(C)=O)nc([N+](=O)[O-])n1C. The maximum absolute atomic E-state index is 12.7. The van der Waals surface area contributed by atoms with Crippen molar-refractivity contribution < 1.29 is 18.8 Å². The molecule has 1 atom stereocenters. The Morgan fingerprint density at radius 1 is 1.54 bits per heavy atom. The van der Waals surface area contributed by atoms with Gasteiger partial charge in [0.05, 0.1) is 7.05 Å². The summed E-state index contributed by atoms with van der Waals surface area (Å²) in [5.41, 5.74) is 6.29. The molecule has 0 aromatic carbocycles. The second-order valence-corrected chi connectivity index (χ2v) is 7.81. The van der Waals surface area contributed by atoms with Crippen LogP contribution >= 0.6 is 19.3 Å². The Morgan fingerprint density at radius 2 is 2.19 bits per heavy atom. The molecule has 0 aliphatic carbocycles. The first kappa shape index (κ1) is 22.5. The molecule has 0 radical (unpaired) electrons. The molecule has 1 unspecified atom stereocenters. The average Bonchev–Trinajstić information content (AvgIpc) is 2.87. The van der Waals surface area contributed by atoms with Gasteiger partial charge in [-0.2, -0.15) is 0 Å². The van der Waals surface area contributed by atoms with E-state index < -0.39 is 18.5 Å². The molecule has 0 amide bonds. The number of allylic oxidation sites excluding steroid dienone is 1. The molecule has 0 fully saturated rings. The van der Waals surface area contributed by atoms with Crippen LogP contribution in [0.25, 0.3) is 6.08 Å². The molecule has 1 heterocycles. The molecule has 146 valence electrons. The molecule has 0 bridgehead atoms. The molecular formula is C14H23ClN5O5P. The summed E-state index contributed by atoms with van der Waals surface area (Å²) in [6.45, 7) is 3.68. The van der Waals surface area contributed by atoms with E-state index in [1.54, 1.807) is 0 Å². The molecule has 1 aromatic rings. The van der Waals surface area contributed by atoms with Crippen LogP contribution in [0.1, 0.15) is 31.7 Å². The van der Waals surface area contributed by atoms with Gasteiger partial charge in [0.1, 0.15) is 12.3 Å². The van der Waals surface area contributed by atoms with Crippen molar-refractivity contribution in [3.63, 3.8) is 0 Å². The van der Waals surface area contributed by atoms with E-state index in [1.807, 2.05) is 6.92 Å². The summed E-state index contributed by atoms with van der Waals surface area (Å²) in [5.74, 6) is -0.440. The lowest BCUT2D eigenvalue weighted by atomic mass is 10.3. The molecule has 0 aliphatic heterocycles. The number of alkyl halides is 1. The van der Waals surface area contributed by atoms with Crippen LogP contribution in [0.4, 0.5) is 5.95 Å². The molecule has 26 heavy (non-hydrogen) atoms. The van der Waals surface area contributed by atoms with Crippen LogP contribution in [0.5, 0.6) is 0 Å². The van der Waals surface area contributed by atoms with Crippen LogP contribution in [0, 0.1) is 10.1 Å². The summed E-state index contributed by atoms with van der Waals surface area (Å²) in [6.07, 6.45) is 3.28. The minimum absolute atomic E-state index is 0.175. The quantitative estimate of drug-likeness (QED) is 0.194. The minimum Gasteiger partial charge on any atom is -0.390 e. The van der Waals surface area contributed by atoms with Gasteiger partial charge in [-0.1, -0.05) is 11.9 Å². The van der Waals surface area contributed by atoms with E-state index in [9.17, 15) is 19.5 Å². The largest absolute Gasteiger partial charge is 0.435 e. The zero-order chi connectivity index (χ0) is 19.9. The lowest BCUT2D eigenvalue weighted by Gasteiger charge is -2.26. The Bertz CT molecular complexity index is 730. The Hall–Kier alpha value is -1.58. The molecule has 10 nitrogen and oxygen atoms in total. The van der Waals surface area contributed by atoms with Crippen LogP contribution < -0.4 is 5.50 Å². The third-order valence-corrected chi connectivity index (χ3v) is 5.32. The highest BCUT2D eigenvalue weighted by atomic mass is 35.5. The molecule has 2 N–H and O–H groups in total. The summed E-state index contributed by atoms with van der Waals surface area (Å²) >= 11 is 5.71. The average molecular weight is 408 g/mol. The van der Waals surface area contributed by atoms with Crippen molar-refractivity contribution in [1.82, 2.24) is 14.2 Å². The van der Waals surface area contributed by atoms with Crippen molar-refractivity contribution in [2.45, 2.75) is 26.9 Å².